The predicted molar refractivity (Wildman–Crippen MR) is 99.8 cm³/mol. The number of hydrogen-bond acceptors (Lipinski definition) is 2. The standard InChI is InChI=1S/C21H31NO2/c1-5-6-7-8-9-10-13-22-19-12-11-17(16(2)23)14-18(19)21(3,4)15-20(22)24/h11-12,14H,5-10,13,15H2,1-4H3. The third kappa shape index (κ3) is 4.25. The number of fused-ring (bicyclic) bond motifs is 1. The van der Waals surface area contributed by atoms with Gasteiger partial charge in [0.25, 0.3) is 0 Å². The maximum atomic E-state index is 12.6. The fraction of sp³-hybridized carbons (Fsp3) is 0.619. The van der Waals surface area contributed by atoms with Crippen molar-refractivity contribution in [3.8, 4) is 0 Å². The van der Waals surface area contributed by atoms with Crippen molar-refractivity contribution in [3.05, 3.63) is 29.3 Å². The molecule has 0 saturated heterocycles. The van der Waals surface area contributed by atoms with Crippen LogP contribution < -0.4 is 4.90 Å². The van der Waals surface area contributed by atoms with E-state index in [0.29, 0.717) is 6.42 Å². The zero-order valence-corrected chi connectivity index (χ0v) is 15.7. The largest absolute Gasteiger partial charge is 0.312 e. The van der Waals surface area contributed by atoms with E-state index in [0.717, 1.165) is 29.8 Å². The maximum Gasteiger partial charge on any atom is 0.227 e. The second kappa shape index (κ2) is 7.96. The molecule has 3 nitrogen and oxygen atoms in total. The Balaban J connectivity index is 2.13. The Morgan fingerprint density at radius 3 is 2.46 bits per heavy atom. The minimum absolute atomic E-state index is 0.0768. The Hall–Kier alpha value is -1.64. The lowest BCUT2D eigenvalue weighted by atomic mass is 9.76. The highest BCUT2D eigenvalue weighted by Gasteiger charge is 2.36. The highest BCUT2D eigenvalue weighted by atomic mass is 16.2. The van der Waals surface area contributed by atoms with E-state index in [4.69, 9.17) is 0 Å². The average Bonchev–Trinajstić information content (AvgIpc) is 2.52. The highest BCUT2D eigenvalue weighted by molar-refractivity contribution is 6.00. The number of hydrogen-bond donors (Lipinski definition) is 0. The van der Waals surface area contributed by atoms with Gasteiger partial charge in [-0.1, -0.05) is 52.9 Å². The van der Waals surface area contributed by atoms with Crippen LogP contribution >= 0.6 is 0 Å². The van der Waals surface area contributed by atoms with Crippen molar-refractivity contribution in [3.63, 3.8) is 0 Å². The fourth-order valence-electron chi connectivity index (χ4n) is 3.53. The summed E-state index contributed by atoms with van der Waals surface area (Å²) < 4.78 is 0. The Kier molecular flexibility index (Phi) is 6.20. The summed E-state index contributed by atoms with van der Waals surface area (Å²) in [6.07, 6.45) is 7.82. The number of amides is 1. The van der Waals surface area contributed by atoms with Crippen molar-refractivity contribution < 1.29 is 9.59 Å². The first-order valence-electron chi connectivity index (χ1n) is 9.32. The molecule has 1 aliphatic rings. The van der Waals surface area contributed by atoms with E-state index >= 15 is 0 Å². The van der Waals surface area contributed by atoms with E-state index in [1.807, 2.05) is 23.1 Å². The van der Waals surface area contributed by atoms with E-state index < -0.39 is 0 Å². The third-order valence-corrected chi connectivity index (χ3v) is 5.05. The topological polar surface area (TPSA) is 37.4 Å². The number of carbonyl (C=O) groups is 2. The van der Waals surface area contributed by atoms with Gasteiger partial charge in [-0.05, 0) is 37.1 Å². The van der Waals surface area contributed by atoms with E-state index in [1.54, 1.807) is 6.92 Å². The molecule has 1 aromatic rings. The van der Waals surface area contributed by atoms with Crippen LogP contribution in [0, 0.1) is 0 Å². The van der Waals surface area contributed by atoms with Crippen LogP contribution in [0.15, 0.2) is 18.2 Å². The Morgan fingerprint density at radius 2 is 1.79 bits per heavy atom. The van der Waals surface area contributed by atoms with Crippen molar-refractivity contribution in [1.82, 2.24) is 0 Å². The van der Waals surface area contributed by atoms with Gasteiger partial charge in [0, 0.05) is 29.6 Å². The van der Waals surface area contributed by atoms with E-state index in [-0.39, 0.29) is 17.1 Å². The van der Waals surface area contributed by atoms with Crippen LogP contribution in [0.2, 0.25) is 0 Å². The Bertz CT molecular complexity index is 604. The number of benzene rings is 1. The molecule has 0 atom stereocenters. The Morgan fingerprint density at radius 1 is 1.12 bits per heavy atom. The average molecular weight is 329 g/mol. The molecule has 1 aromatic carbocycles. The first-order valence-corrected chi connectivity index (χ1v) is 9.32. The van der Waals surface area contributed by atoms with Crippen LogP contribution in [0.3, 0.4) is 0 Å². The SMILES string of the molecule is CCCCCCCCN1C(=O)CC(C)(C)c2cc(C(C)=O)ccc21. The van der Waals surface area contributed by atoms with Gasteiger partial charge in [0.15, 0.2) is 5.78 Å². The van der Waals surface area contributed by atoms with Crippen LogP contribution in [-0.2, 0) is 10.2 Å². The number of Topliss-reactive ketones (excluding diaryl/α,β-unsaturated/α-hetero) is 1. The smallest absolute Gasteiger partial charge is 0.227 e. The maximum absolute atomic E-state index is 12.6. The Labute approximate surface area is 146 Å². The molecule has 0 saturated carbocycles. The lowest BCUT2D eigenvalue weighted by Gasteiger charge is -2.39. The predicted octanol–water partition coefficient (Wildman–Crippen LogP) is 5.26. The second-order valence-electron chi connectivity index (χ2n) is 7.66. The van der Waals surface area contributed by atoms with E-state index in [2.05, 4.69) is 20.8 Å². The van der Waals surface area contributed by atoms with Gasteiger partial charge in [0.2, 0.25) is 5.91 Å². The van der Waals surface area contributed by atoms with Gasteiger partial charge in [0.1, 0.15) is 0 Å². The van der Waals surface area contributed by atoms with Crippen LogP contribution in [0.25, 0.3) is 0 Å². The highest BCUT2D eigenvalue weighted by Crippen LogP contribution is 2.40. The number of unbranched alkanes of at least 4 members (excludes halogenated alkanes) is 5. The van der Waals surface area contributed by atoms with Crippen LogP contribution in [0.1, 0.15) is 88.6 Å². The molecule has 0 aliphatic carbocycles. The van der Waals surface area contributed by atoms with Crippen molar-refractivity contribution in [2.45, 2.75) is 78.1 Å². The van der Waals surface area contributed by atoms with Gasteiger partial charge in [-0.15, -0.1) is 0 Å². The van der Waals surface area contributed by atoms with Crippen molar-refractivity contribution in [2.75, 3.05) is 11.4 Å². The minimum Gasteiger partial charge on any atom is -0.312 e. The lowest BCUT2D eigenvalue weighted by molar-refractivity contribution is -0.120. The van der Waals surface area contributed by atoms with Gasteiger partial charge in [-0.2, -0.15) is 0 Å². The molecule has 0 spiro atoms. The molecule has 0 unspecified atom stereocenters. The van der Waals surface area contributed by atoms with Gasteiger partial charge in [-0.25, -0.2) is 0 Å². The van der Waals surface area contributed by atoms with Gasteiger partial charge < -0.3 is 4.90 Å². The fourth-order valence-corrected chi connectivity index (χ4v) is 3.53. The number of carbonyl (C=O) groups excluding carboxylic acids is 2. The quantitative estimate of drug-likeness (QED) is 0.481. The first kappa shape index (κ1) is 18.7. The zero-order valence-electron chi connectivity index (χ0n) is 15.7. The summed E-state index contributed by atoms with van der Waals surface area (Å²) in [5.74, 6) is 0.282. The second-order valence-corrected chi connectivity index (χ2v) is 7.66. The molecule has 0 bridgehead atoms. The molecule has 0 radical (unpaired) electrons. The summed E-state index contributed by atoms with van der Waals surface area (Å²) in [5.41, 5.74) is 2.64. The van der Waals surface area contributed by atoms with Crippen molar-refractivity contribution in [1.29, 1.82) is 0 Å². The summed E-state index contributed by atoms with van der Waals surface area (Å²) in [6, 6.07) is 5.80. The van der Waals surface area contributed by atoms with Crippen molar-refractivity contribution in [2.24, 2.45) is 0 Å². The summed E-state index contributed by atoms with van der Waals surface area (Å²) in [6.45, 7) is 8.79. The van der Waals surface area contributed by atoms with Crippen LogP contribution in [0.5, 0.6) is 0 Å². The molecular weight excluding hydrogens is 298 g/mol. The minimum atomic E-state index is -0.213. The molecule has 1 heterocycles. The molecule has 1 aliphatic heterocycles. The molecule has 132 valence electrons. The monoisotopic (exact) mass is 329 g/mol. The number of nitrogens with zero attached hydrogens (tertiary/aromatic N) is 1. The van der Waals surface area contributed by atoms with Crippen LogP contribution in [-0.4, -0.2) is 18.2 Å². The van der Waals surface area contributed by atoms with E-state index in [9.17, 15) is 9.59 Å². The molecule has 0 N–H and O–H groups in total. The molecule has 3 heteroatoms. The van der Waals surface area contributed by atoms with E-state index in [1.165, 1.54) is 32.1 Å². The molecule has 1 amide bonds. The summed E-state index contributed by atoms with van der Waals surface area (Å²) in [4.78, 5) is 26.3. The van der Waals surface area contributed by atoms with Crippen LogP contribution in [0.4, 0.5) is 5.69 Å². The summed E-state index contributed by atoms with van der Waals surface area (Å²) >= 11 is 0. The summed E-state index contributed by atoms with van der Waals surface area (Å²) in [5, 5.41) is 0. The zero-order chi connectivity index (χ0) is 17.7. The van der Waals surface area contributed by atoms with Gasteiger partial charge in [0.05, 0.1) is 0 Å². The number of ketones is 1. The summed E-state index contributed by atoms with van der Waals surface area (Å²) in [7, 11) is 0. The lowest BCUT2D eigenvalue weighted by Crippen LogP contribution is -2.42. The normalized spacial score (nSPS) is 16.2. The first-order chi connectivity index (χ1) is 11.4. The molecule has 2 rings (SSSR count). The third-order valence-electron chi connectivity index (χ3n) is 5.05. The molecule has 24 heavy (non-hydrogen) atoms. The molecule has 0 aromatic heterocycles. The molecular formula is C21H31NO2. The van der Waals surface area contributed by atoms with Crippen molar-refractivity contribution >= 4 is 17.4 Å². The van der Waals surface area contributed by atoms with Gasteiger partial charge >= 0.3 is 0 Å². The number of rotatable bonds is 8. The number of anilines is 1. The van der Waals surface area contributed by atoms with Gasteiger partial charge in [-0.3, -0.25) is 9.59 Å². The molecule has 0 fully saturated rings.